The fourth-order valence-electron chi connectivity index (χ4n) is 3.23. The van der Waals surface area contributed by atoms with Gasteiger partial charge >= 0.3 is 11.9 Å². The minimum Gasteiger partial charge on any atom is -0.465 e. The van der Waals surface area contributed by atoms with Gasteiger partial charge in [0.2, 0.25) is 0 Å². The lowest BCUT2D eigenvalue weighted by Crippen LogP contribution is -2.36. The first-order chi connectivity index (χ1) is 12.1. The highest BCUT2D eigenvalue weighted by molar-refractivity contribution is 5.83. The summed E-state index contributed by atoms with van der Waals surface area (Å²) in [5, 5.41) is 0. The first-order valence-electron chi connectivity index (χ1n) is 9.25. The number of carbonyl (C=O) groups is 2. The number of unbranched alkanes of at least 4 members (excludes halogenated alkanes) is 3. The molecule has 0 aliphatic heterocycles. The standard InChI is InChI=1S/C20H27FO4/c1-2-3-4-7-13-24-19(22)17-11-5-6-12-18(17)20(23)25-16-10-8-9-15(21)14-16/h8-10,14,17-18H,2-7,11-13H2,1H3. The Labute approximate surface area is 148 Å². The Morgan fingerprint density at radius 3 is 2.48 bits per heavy atom. The Morgan fingerprint density at radius 1 is 1.08 bits per heavy atom. The van der Waals surface area contributed by atoms with Crippen LogP contribution in [0.5, 0.6) is 5.75 Å². The molecule has 1 fully saturated rings. The quantitative estimate of drug-likeness (QED) is 0.389. The molecule has 1 aromatic carbocycles. The molecule has 1 saturated carbocycles. The molecule has 0 aromatic heterocycles. The largest absolute Gasteiger partial charge is 0.465 e. The van der Waals surface area contributed by atoms with Crippen molar-refractivity contribution >= 4 is 11.9 Å². The van der Waals surface area contributed by atoms with Crippen molar-refractivity contribution in [2.75, 3.05) is 6.61 Å². The topological polar surface area (TPSA) is 52.6 Å². The molecule has 2 rings (SSSR count). The first-order valence-corrected chi connectivity index (χ1v) is 9.25. The molecule has 0 heterocycles. The molecule has 0 bridgehead atoms. The molecule has 0 spiro atoms. The molecule has 0 N–H and O–H groups in total. The minimum atomic E-state index is -0.514. The first kappa shape index (κ1) is 19.4. The summed E-state index contributed by atoms with van der Waals surface area (Å²) in [5.74, 6) is -2.05. The van der Waals surface area contributed by atoms with Gasteiger partial charge in [-0.1, -0.05) is 45.1 Å². The lowest BCUT2D eigenvalue weighted by atomic mass is 9.79. The van der Waals surface area contributed by atoms with E-state index in [1.165, 1.54) is 24.3 Å². The van der Waals surface area contributed by atoms with Gasteiger partial charge in [-0.05, 0) is 31.4 Å². The summed E-state index contributed by atoms with van der Waals surface area (Å²) in [4.78, 5) is 24.8. The predicted octanol–water partition coefficient (Wildman–Crippen LogP) is 4.66. The van der Waals surface area contributed by atoms with Crippen molar-refractivity contribution in [3.63, 3.8) is 0 Å². The number of ether oxygens (including phenoxy) is 2. The van der Waals surface area contributed by atoms with Crippen LogP contribution in [0.25, 0.3) is 0 Å². The Hall–Kier alpha value is -1.91. The van der Waals surface area contributed by atoms with Gasteiger partial charge in [0.25, 0.3) is 0 Å². The monoisotopic (exact) mass is 350 g/mol. The zero-order valence-corrected chi connectivity index (χ0v) is 14.8. The van der Waals surface area contributed by atoms with Crippen LogP contribution in [0.2, 0.25) is 0 Å². The van der Waals surface area contributed by atoms with Gasteiger partial charge in [-0.25, -0.2) is 4.39 Å². The number of carbonyl (C=O) groups excluding carboxylic acids is 2. The van der Waals surface area contributed by atoms with Crippen LogP contribution in [0.4, 0.5) is 4.39 Å². The lowest BCUT2D eigenvalue weighted by molar-refractivity contribution is -0.158. The number of hydrogen-bond donors (Lipinski definition) is 0. The molecule has 4 nitrogen and oxygen atoms in total. The molecule has 1 aliphatic rings. The number of benzene rings is 1. The van der Waals surface area contributed by atoms with E-state index in [2.05, 4.69) is 6.92 Å². The smallest absolute Gasteiger partial charge is 0.315 e. The van der Waals surface area contributed by atoms with E-state index >= 15 is 0 Å². The van der Waals surface area contributed by atoms with Crippen molar-refractivity contribution in [3.8, 4) is 5.75 Å². The highest BCUT2D eigenvalue weighted by Crippen LogP contribution is 2.32. The summed E-state index contributed by atoms with van der Waals surface area (Å²) in [6.07, 6.45) is 7.17. The van der Waals surface area contributed by atoms with Gasteiger partial charge in [0, 0.05) is 6.07 Å². The fourth-order valence-corrected chi connectivity index (χ4v) is 3.23. The zero-order chi connectivity index (χ0) is 18.1. The van der Waals surface area contributed by atoms with Crippen molar-refractivity contribution in [3.05, 3.63) is 30.1 Å². The van der Waals surface area contributed by atoms with Crippen LogP contribution in [-0.2, 0) is 14.3 Å². The van der Waals surface area contributed by atoms with Gasteiger partial charge < -0.3 is 9.47 Å². The number of rotatable bonds is 8. The molecule has 138 valence electrons. The van der Waals surface area contributed by atoms with E-state index < -0.39 is 23.6 Å². The van der Waals surface area contributed by atoms with Crippen LogP contribution in [0.1, 0.15) is 58.3 Å². The fraction of sp³-hybridized carbons (Fsp3) is 0.600. The number of halogens is 1. The highest BCUT2D eigenvalue weighted by Gasteiger charge is 2.38. The summed E-state index contributed by atoms with van der Waals surface area (Å²) in [6, 6.07) is 5.48. The molecular weight excluding hydrogens is 323 g/mol. The van der Waals surface area contributed by atoms with Gasteiger partial charge in [0.1, 0.15) is 11.6 Å². The molecule has 2 unspecified atom stereocenters. The maximum Gasteiger partial charge on any atom is 0.315 e. The summed E-state index contributed by atoms with van der Waals surface area (Å²) in [5.41, 5.74) is 0. The Morgan fingerprint density at radius 2 is 1.80 bits per heavy atom. The molecule has 0 radical (unpaired) electrons. The second-order valence-corrected chi connectivity index (χ2v) is 6.60. The molecule has 25 heavy (non-hydrogen) atoms. The second kappa shape index (κ2) is 10.2. The second-order valence-electron chi connectivity index (χ2n) is 6.60. The molecule has 1 aromatic rings. The maximum absolute atomic E-state index is 13.2. The average molecular weight is 350 g/mol. The molecule has 5 heteroatoms. The van der Waals surface area contributed by atoms with E-state index in [1.807, 2.05) is 0 Å². The summed E-state index contributed by atoms with van der Waals surface area (Å²) in [6.45, 7) is 2.53. The van der Waals surface area contributed by atoms with E-state index in [-0.39, 0.29) is 11.7 Å². The number of esters is 2. The summed E-state index contributed by atoms with van der Waals surface area (Å²) < 4.78 is 23.9. The van der Waals surface area contributed by atoms with Crippen LogP contribution in [0, 0.1) is 17.7 Å². The summed E-state index contributed by atoms with van der Waals surface area (Å²) >= 11 is 0. The molecule has 1 aliphatic carbocycles. The van der Waals surface area contributed by atoms with E-state index in [4.69, 9.17) is 9.47 Å². The normalized spacial score (nSPS) is 20.1. The van der Waals surface area contributed by atoms with Crippen molar-refractivity contribution in [2.24, 2.45) is 11.8 Å². The van der Waals surface area contributed by atoms with Crippen LogP contribution in [-0.4, -0.2) is 18.5 Å². The van der Waals surface area contributed by atoms with E-state index in [0.717, 1.165) is 38.5 Å². The van der Waals surface area contributed by atoms with Gasteiger partial charge in [-0.3, -0.25) is 9.59 Å². The van der Waals surface area contributed by atoms with Crippen LogP contribution < -0.4 is 4.74 Å². The van der Waals surface area contributed by atoms with E-state index in [9.17, 15) is 14.0 Å². The SMILES string of the molecule is CCCCCCOC(=O)C1CCCCC1C(=O)Oc1cccc(F)c1. The van der Waals surface area contributed by atoms with Crippen LogP contribution in [0.15, 0.2) is 24.3 Å². The maximum atomic E-state index is 13.2. The third-order valence-corrected chi connectivity index (χ3v) is 4.63. The third kappa shape index (κ3) is 6.15. The van der Waals surface area contributed by atoms with Crippen molar-refractivity contribution < 1.29 is 23.5 Å². The molecule has 0 amide bonds. The average Bonchev–Trinajstić information content (AvgIpc) is 2.61. The lowest BCUT2D eigenvalue weighted by Gasteiger charge is -2.28. The van der Waals surface area contributed by atoms with Crippen molar-refractivity contribution in [1.82, 2.24) is 0 Å². The van der Waals surface area contributed by atoms with E-state index in [0.29, 0.717) is 19.4 Å². The molecule has 2 atom stereocenters. The van der Waals surface area contributed by atoms with Crippen LogP contribution >= 0.6 is 0 Å². The Kier molecular flexibility index (Phi) is 7.89. The predicted molar refractivity (Wildman–Crippen MR) is 92.6 cm³/mol. The molecule has 0 saturated heterocycles. The Balaban J connectivity index is 1.90. The van der Waals surface area contributed by atoms with Gasteiger partial charge in [-0.15, -0.1) is 0 Å². The molecular formula is C20H27FO4. The van der Waals surface area contributed by atoms with Gasteiger partial charge in [0.05, 0.1) is 18.4 Å². The van der Waals surface area contributed by atoms with Crippen molar-refractivity contribution in [1.29, 1.82) is 0 Å². The highest BCUT2D eigenvalue weighted by atomic mass is 19.1. The van der Waals surface area contributed by atoms with Crippen LogP contribution in [0.3, 0.4) is 0 Å². The van der Waals surface area contributed by atoms with Gasteiger partial charge in [0.15, 0.2) is 0 Å². The Bertz CT molecular complexity index is 573. The summed E-state index contributed by atoms with van der Waals surface area (Å²) in [7, 11) is 0. The van der Waals surface area contributed by atoms with Gasteiger partial charge in [-0.2, -0.15) is 0 Å². The number of hydrogen-bond acceptors (Lipinski definition) is 4. The van der Waals surface area contributed by atoms with Crippen molar-refractivity contribution in [2.45, 2.75) is 58.3 Å². The minimum absolute atomic E-state index is 0.169. The zero-order valence-electron chi connectivity index (χ0n) is 14.8. The third-order valence-electron chi connectivity index (χ3n) is 4.63. The van der Waals surface area contributed by atoms with E-state index in [1.54, 1.807) is 0 Å².